The van der Waals surface area contributed by atoms with Crippen LogP contribution >= 0.6 is 0 Å². The fourth-order valence-corrected chi connectivity index (χ4v) is 2.16. The Morgan fingerprint density at radius 1 is 1.31 bits per heavy atom. The fraction of sp³-hybridized carbons (Fsp3) is 0.917. The van der Waals surface area contributed by atoms with E-state index in [0.29, 0.717) is 6.54 Å². The van der Waals surface area contributed by atoms with E-state index in [2.05, 4.69) is 10.6 Å². The van der Waals surface area contributed by atoms with Gasteiger partial charge in [-0.1, -0.05) is 0 Å². The van der Waals surface area contributed by atoms with Gasteiger partial charge in [0.1, 0.15) is 0 Å². The molecule has 0 atom stereocenters. The second-order valence-electron chi connectivity index (χ2n) is 4.39. The number of rotatable bonds is 6. The molecule has 1 amide bonds. The van der Waals surface area contributed by atoms with E-state index in [9.17, 15) is 4.79 Å². The molecule has 1 saturated heterocycles. The molecule has 4 heteroatoms. The van der Waals surface area contributed by atoms with E-state index in [1.54, 1.807) is 0 Å². The molecule has 1 heterocycles. The molecule has 0 aliphatic carbocycles. The minimum absolute atomic E-state index is 0.221. The third-order valence-electron chi connectivity index (χ3n) is 3.28. The second-order valence-corrected chi connectivity index (χ2v) is 4.39. The molecule has 1 fully saturated rings. The van der Waals surface area contributed by atoms with Crippen LogP contribution in [0.25, 0.3) is 0 Å². The van der Waals surface area contributed by atoms with Crippen LogP contribution in [0, 0.1) is 5.92 Å². The van der Waals surface area contributed by atoms with Crippen molar-refractivity contribution in [3.05, 3.63) is 0 Å². The summed E-state index contributed by atoms with van der Waals surface area (Å²) < 4.78 is 0. The monoisotopic (exact) mass is 227 g/mol. The second kappa shape index (κ2) is 7.63. The molecule has 1 aliphatic rings. The van der Waals surface area contributed by atoms with Gasteiger partial charge < -0.3 is 15.5 Å². The third kappa shape index (κ3) is 4.49. The number of carbonyl (C=O) groups excluding carboxylic acids is 1. The first-order chi connectivity index (χ1) is 7.77. The van der Waals surface area contributed by atoms with Gasteiger partial charge in [-0.3, -0.25) is 4.79 Å². The number of piperidine rings is 1. The molecule has 0 saturated carbocycles. The van der Waals surface area contributed by atoms with E-state index >= 15 is 0 Å². The van der Waals surface area contributed by atoms with Crippen LogP contribution in [-0.4, -0.2) is 50.1 Å². The normalized spacial score (nSPS) is 17.4. The highest BCUT2D eigenvalue weighted by Gasteiger charge is 2.14. The molecule has 0 unspecified atom stereocenters. The predicted octanol–water partition coefficient (Wildman–Crippen LogP) is 0.444. The van der Waals surface area contributed by atoms with Crippen molar-refractivity contribution in [1.82, 2.24) is 15.5 Å². The Morgan fingerprint density at radius 2 is 1.94 bits per heavy atom. The van der Waals surface area contributed by atoms with Gasteiger partial charge in [-0.2, -0.15) is 0 Å². The molecular weight excluding hydrogens is 202 g/mol. The number of hydrogen-bond acceptors (Lipinski definition) is 3. The third-order valence-corrected chi connectivity index (χ3v) is 3.28. The summed E-state index contributed by atoms with van der Waals surface area (Å²) in [5, 5.41) is 6.63. The summed E-state index contributed by atoms with van der Waals surface area (Å²) in [6.07, 6.45) is 2.46. The lowest BCUT2D eigenvalue weighted by atomic mass is 9.98. The van der Waals surface area contributed by atoms with Crippen molar-refractivity contribution in [1.29, 1.82) is 0 Å². The first-order valence-electron chi connectivity index (χ1n) is 6.47. The lowest BCUT2D eigenvalue weighted by molar-refractivity contribution is -0.129. The molecule has 16 heavy (non-hydrogen) atoms. The minimum atomic E-state index is 0.221. The number of amides is 1. The molecule has 94 valence electrons. The maximum Gasteiger partial charge on any atom is 0.236 e. The Bertz CT molecular complexity index is 198. The lowest BCUT2D eigenvalue weighted by Crippen LogP contribution is -2.40. The van der Waals surface area contributed by atoms with Crippen molar-refractivity contribution >= 4 is 5.91 Å². The van der Waals surface area contributed by atoms with Gasteiger partial charge in [0.05, 0.1) is 6.54 Å². The molecule has 0 aromatic rings. The summed E-state index contributed by atoms with van der Waals surface area (Å²) in [5.41, 5.74) is 0. The van der Waals surface area contributed by atoms with Crippen LogP contribution in [0.15, 0.2) is 0 Å². The highest BCUT2D eigenvalue weighted by Crippen LogP contribution is 2.09. The van der Waals surface area contributed by atoms with Crippen LogP contribution in [-0.2, 0) is 4.79 Å². The molecule has 0 aromatic carbocycles. The zero-order chi connectivity index (χ0) is 11.8. The topological polar surface area (TPSA) is 44.4 Å². The van der Waals surface area contributed by atoms with Gasteiger partial charge >= 0.3 is 0 Å². The van der Waals surface area contributed by atoms with Gasteiger partial charge in [0.25, 0.3) is 0 Å². The summed E-state index contributed by atoms with van der Waals surface area (Å²) in [6.45, 7) is 9.38. The number of nitrogens with zero attached hydrogens (tertiary/aromatic N) is 1. The Hall–Kier alpha value is -0.610. The van der Waals surface area contributed by atoms with E-state index < -0.39 is 0 Å². The molecule has 0 aromatic heterocycles. The predicted molar refractivity (Wildman–Crippen MR) is 66.4 cm³/mol. The van der Waals surface area contributed by atoms with Crippen LogP contribution in [0.5, 0.6) is 0 Å². The lowest BCUT2D eigenvalue weighted by Gasteiger charge is -2.24. The van der Waals surface area contributed by atoms with Crippen LogP contribution in [0.3, 0.4) is 0 Å². The smallest absolute Gasteiger partial charge is 0.236 e. The zero-order valence-electron chi connectivity index (χ0n) is 10.6. The maximum atomic E-state index is 11.7. The van der Waals surface area contributed by atoms with Crippen molar-refractivity contribution in [2.24, 2.45) is 5.92 Å². The minimum Gasteiger partial charge on any atom is -0.342 e. The Kier molecular flexibility index (Phi) is 6.42. The fourth-order valence-electron chi connectivity index (χ4n) is 2.16. The molecule has 1 aliphatic heterocycles. The van der Waals surface area contributed by atoms with Gasteiger partial charge in [-0.25, -0.2) is 0 Å². The molecule has 0 bridgehead atoms. The Balaban J connectivity index is 2.11. The van der Waals surface area contributed by atoms with Crippen molar-refractivity contribution < 1.29 is 4.79 Å². The molecule has 0 spiro atoms. The van der Waals surface area contributed by atoms with Crippen molar-refractivity contribution in [2.45, 2.75) is 26.7 Å². The van der Waals surface area contributed by atoms with Crippen LogP contribution in [0.1, 0.15) is 26.7 Å². The first-order valence-corrected chi connectivity index (χ1v) is 6.47. The molecule has 2 N–H and O–H groups in total. The average molecular weight is 227 g/mol. The highest BCUT2D eigenvalue weighted by molar-refractivity contribution is 5.78. The molecule has 1 rings (SSSR count). The SMILES string of the molecule is CCN(CC)C(=O)CNCC1CCNCC1. The standard InChI is InChI=1S/C12H25N3O/c1-3-15(4-2)12(16)10-14-9-11-5-7-13-8-6-11/h11,13-14H,3-10H2,1-2H3. The molecular formula is C12H25N3O. The number of likely N-dealkylation sites (N-methyl/N-ethyl adjacent to an activating group) is 1. The maximum absolute atomic E-state index is 11.7. The van der Waals surface area contributed by atoms with Crippen molar-refractivity contribution in [2.75, 3.05) is 39.3 Å². The first kappa shape index (κ1) is 13.5. The van der Waals surface area contributed by atoms with Crippen molar-refractivity contribution in [3.8, 4) is 0 Å². The van der Waals surface area contributed by atoms with Crippen LogP contribution in [0.2, 0.25) is 0 Å². The van der Waals surface area contributed by atoms with Gasteiger partial charge in [-0.05, 0) is 52.2 Å². The summed E-state index contributed by atoms with van der Waals surface area (Å²) in [7, 11) is 0. The quantitative estimate of drug-likeness (QED) is 0.692. The summed E-state index contributed by atoms with van der Waals surface area (Å²) in [6, 6.07) is 0. The van der Waals surface area contributed by atoms with Crippen molar-refractivity contribution in [3.63, 3.8) is 0 Å². The van der Waals surface area contributed by atoms with Gasteiger partial charge in [0.15, 0.2) is 0 Å². The van der Waals surface area contributed by atoms with Crippen LogP contribution < -0.4 is 10.6 Å². The van der Waals surface area contributed by atoms with Gasteiger partial charge in [0, 0.05) is 13.1 Å². The summed E-state index contributed by atoms with van der Waals surface area (Å²) in [4.78, 5) is 13.6. The zero-order valence-corrected chi connectivity index (χ0v) is 10.6. The molecule has 4 nitrogen and oxygen atoms in total. The van der Waals surface area contributed by atoms with Crippen LogP contribution in [0.4, 0.5) is 0 Å². The van der Waals surface area contributed by atoms with E-state index in [4.69, 9.17) is 0 Å². The summed E-state index contributed by atoms with van der Waals surface area (Å²) >= 11 is 0. The Morgan fingerprint density at radius 3 is 2.50 bits per heavy atom. The highest BCUT2D eigenvalue weighted by atomic mass is 16.2. The number of carbonyl (C=O) groups is 1. The van der Waals surface area contributed by atoms with E-state index in [-0.39, 0.29) is 5.91 Å². The van der Waals surface area contributed by atoms with E-state index in [1.165, 1.54) is 12.8 Å². The number of nitrogens with one attached hydrogen (secondary N) is 2. The largest absolute Gasteiger partial charge is 0.342 e. The van der Waals surface area contributed by atoms with Gasteiger partial charge in [-0.15, -0.1) is 0 Å². The molecule has 0 radical (unpaired) electrons. The van der Waals surface area contributed by atoms with E-state index in [1.807, 2.05) is 18.7 Å². The van der Waals surface area contributed by atoms with E-state index in [0.717, 1.165) is 38.6 Å². The Labute approximate surface area is 98.8 Å². The average Bonchev–Trinajstić information content (AvgIpc) is 2.32. The number of hydrogen-bond donors (Lipinski definition) is 2. The van der Waals surface area contributed by atoms with Gasteiger partial charge in [0.2, 0.25) is 5.91 Å². The summed E-state index contributed by atoms with van der Waals surface area (Å²) in [5.74, 6) is 0.963.